The van der Waals surface area contributed by atoms with Crippen LogP contribution in [-0.4, -0.2) is 25.3 Å². The van der Waals surface area contributed by atoms with E-state index in [0.29, 0.717) is 13.2 Å². The van der Waals surface area contributed by atoms with Crippen LogP contribution in [0.4, 0.5) is 0 Å². The Morgan fingerprint density at radius 1 is 0.471 bits per heavy atom. The molecule has 3 nitrogen and oxygen atoms in total. The first kappa shape index (κ1) is 33.4. The van der Waals surface area contributed by atoms with Crippen molar-refractivity contribution in [3.63, 3.8) is 0 Å². The topological polar surface area (TPSA) is 35.5 Å². The predicted octanol–water partition coefficient (Wildman–Crippen LogP) is 10.3. The maximum absolute atomic E-state index is 12.6. The molecule has 0 heterocycles. The van der Waals surface area contributed by atoms with Gasteiger partial charge in [-0.15, -0.1) is 0 Å². The van der Waals surface area contributed by atoms with Gasteiger partial charge in [0.15, 0.2) is 6.10 Å². The minimum Gasteiger partial charge on any atom is -0.464 e. The number of ether oxygens (including phenoxy) is 2. The Labute approximate surface area is 214 Å². The van der Waals surface area contributed by atoms with E-state index >= 15 is 0 Å². The fourth-order valence-electron chi connectivity index (χ4n) is 4.52. The van der Waals surface area contributed by atoms with Crippen LogP contribution in [0.1, 0.15) is 175 Å². The van der Waals surface area contributed by atoms with Gasteiger partial charge in [0, 0.05) is 6.61 Å². The van der Waals surface area contributed by atoms with Crippen LogP contribution in [-0.2, 0) is 14.3 Å². The Morgan fingerprint density at radius 3 is 1.29 bits per heavy atom. The lowest BCUT2D eigenvalue weighted by molar-refractivity contribution is -0.158. The van der Waals surface area contributed by atoms with E-state index in [1.165, 1.54) is 122 Å². The average Bonchev–Trinajstić information content (AvgIpc) is 2.84. The van der Waals surface area contributed by atoms with Crippen LogP contribution in [0.2, 0.25) is 0 Å². The van der Waals surface area contributed by atoms with Crippen LogP contribution < -0.4 is 0 Å². The third-order valence-corrected chi connectivity index (χ3v) is 6.89. The number of hydrogen-bond acceptors (Lipinski definition) is 3. The molecule has 0 aromatic rings. The number of hydrogen-bond donors (Lipinski definition) is 0. The smallest absolute Gasteiger partial charge is 0.335 e. The predicted molar refractivity (Wildman–Crippen MR) is 149 cm³/mol. The molecule has 0 aliphatic rings. The van der Waals surface area contributed by atoms with Gasteiger partial charge in [-0.1, -0.05) is 156 Å². The summed E-state index contributed by atoms with van der Waals surface area (Å²) in [4.78, 5) is 12.6. The molecule has 204 valence electrons. The van der Waals surface area contributed by atoms with Crippen LogP contribution in [0.15, 0.2) is 0 Å². The van der Waals surface area contributed by atoms with E-state index in [0.717, 1.165) is 32.1 Å². The Bertz CT molecular complexity index is 396. The van der Waals surface area contributed by atoms with Crippen molar-refractivity contribution in [3.05, 3.63) is 0 Å². The van der Waals surface area contributed by atoms with Crippen molar-refractivity contribution in [2.24, 2.45) is 0 Å². The van der Waals surface area contributed by atoms with Gasteiger partial charge in [0.1, 0.15) is 0 Å². The first-order valence-corrected chi connectivity index (χ1v) is 15.5. The molecule has 0 amide bonds. The maximum Gasteiger partial charge on any atom is 0.335 e. The number of carbonyl (C=O) groups is 1. The third kappa shape index (κ3) is 24.6. The van der Waals surface area contributed by atoms with Gasteiger partial charge in [0.25, 0.3) is 0 Å². The van der Waals surface area contributed by atoms with E-state index in [1.54, 1.807) is 0 Å². The van der Waals surface area contributed by atoms with Crippen LogP contribution in [0.25, 0.3) is 0 Å². The molecular formula is C31H62O3. The normalized spacial score (nSPS) is 12.2. The molecule has 0 N–H and O–H groups in total. The van der Waals surface area contributed by atoms with Gasteiger partial charge >= 0.3 is 5.97 Å². The summed E-state index contributed by atoms with van der Waals surface area (Å²) >= 11 is 0. The van der Waals surface area contributed by atoms with Gasteiger partial charge in [-0.25, -0.2) is 4.79 Å². The first-order valence-electron chi connectivity index (χ1n) is 15.5. The molecule has 0 bridgehead atoms. The van der Waals surface area contributed by atoms with Crippen molar-refractivity contribution < 1.29 is 14.3 Å². The number of esters is 1. The highest BCUT2D eigenvalue weighted by molar-refractivity contribution is 5.74. The lowest BCUT2D eigenvalue weighted by atomic mass is 10.0. The molecule has 0 saturated carbocycles. The molecule has 0 aliphatic carbocycles. The summed E-state index contributed by atoms with van der Waals surface area (Å²) in [5, 5.41) is 0. The lowest BCUT2D eigenvalue weighted by Gasteiger charge is -2.17. The second-order valence-electron chi connectivity index (χ2n) is 10.4. The second-order valence-corrected chi connectivity index (χ2v) is 10.4. The molecule has 34 heavy (non-hydrogen) atoms. The molecule has 0 saturated heterocycles. The molecule has 0 rings (SSSR count). The minimum absolute atomic E-state index is 0.125. The SMILES string of the molecule is CCCCCCCCCCCCCCCCC(OCCCCC)C(=O)OCCCCCCCC. The van der Waals surface area contributed by atoms with E-state index in [-0.39, 0.29) is 12.1 Å². The van der Waals surface area contributed by atoms with Gasteiger partial charge in [-0.05, 0) is 19.3 Å². The minimum atomic E-state index is -0.353. The van der Waals surface area contributed by atoms with E-state index in [2.05, 4.69) is 20.8 Å². The maximum atomic E-state index is 12.6. The highest BCUT2D eigenvalue weighted by Crippen LogP contribution is 2.15. The Morgan fingerprint density at radius 2 is 0.824 bits per heavy atom. The molecule has 1 unspecified atom stereocenters. The van der Waals surface area contributed by atoms with Crippen LogP contribution >= 0.6 is 0 Å². The van der Waals surface area contributed by atoms with Crippen molar-refractivity contribution in [2.45, 2.75) is 181 Å². The monoisotopic (exact) mass is 482 g/mol. The molecule has 1 atom stereocenters. The van der Waals surface area contributed by atoms with Crippen molar-refractivity contribution in [1.29, 1.82) is 0 Å². The van der Waals surface area contributed by atoms with Gasteiger partial charge < -0.3 is 9.47 Å². The summed E-state index contributed by atoms with van der Waals surface area (Å²) in [6.45, 7) is 7.95. The number of carbonyl (C=O) groups excluding carboxylic acids is 1. The zero-order chi connectivity index (χ0) is 25.0. The number of rotatable bonds is 28. The molecule has 0 aliphatic heterocycles. The molecule has 0 aromatic heterocycles. The van der Waals surface area contributed by atoms with E-state index < -0.39 is 0 Å². The molecule has 0 spiro atoms. The van der Waals surface area contributed by atoms with Crippen molar-refractivity contribution in [1.82, 2.24) is 0 Å². The summed E-state index contributed by atoms with van der Waals surface area (Å²) in [5.74, 6) is -0.125. The Hall–Kier alpha value is -0.570. The fraction of sp³-hybridized carbons (Fsp3) is 0.968. The zero-order valence-electron chi connectivity index (χ0n) is 23.7. The van der Waals surface area contributed by atoms with Crippen molar-refractivity contribution >= 4 is 5.97 Å². The summed E-state index contributed by atoms with van der Waals surface area (Å²) < 4.78 is 11.5. The van der Waals surface area contributed by atoms with Crippen molar-refractivity contribution in [3.8, 4) is 0 Å². The van der Waals surface area contributed by atoms with Gasteiger partial charge in [0.05, 0.1) is 6.61 Å². The molecule has 0 fully saturated rings. The van der Waals surface area contributed by atoms with Gasteiger partial charge in [0.2, 0.25) is 0 Å². The molecule has 3 heteroatoms. The largest absolute Gasteiger partial charge is 0.464 e. The lowest BCUT2D eigenvalue weighted by Crippen LogP contribution is -2.27. The first-order chi connectivity index (χ1) is 16.8. The summed E-state index contributed by atoms with van der Waals surface area (Å²) in [5.41, 5.74) is 0. The molecular weight excluding hydrogens is 420 g/mol. The fourth-order valence-corrected chi connectivity index (χ4v) is 4.52. The van der Waals surface area contributed by atoms with E-state index in [1.807, 2.05) is 0 Å². The highest BCUT2D eigenvalue weighted by atomic mass is 16.6. The zero-order valence-corrected chi connectivity index (χ0v) is 23.7. The van der Waals surface area contributed by atoms with Gasteiger partial charge in [-0.2, -0.15) is 0 Å². The van der Waals surface area contributed by atoms with E-state index in [4.69, 9.17) is 9.47 Å². The second kappa shape index (κ2) is 28.7. The summed E-state index contributed by atoms with van der Waals surface area (Å²) in [6, 6.07) is 0. The van der Waals surface area contributed by atoms with Crippen molar-refractivity contribution in [2.75, 3.05) is 13.2 Å². The average molecular weight is 483 g/mol. The summed E-state index contributed by atoms with van der Waals surface area (Å²) in [6.07, 6.45) is 30.1. The van der Waals surface area contributed by atoms with Gasteiger partial charge in [-0.3, -0.25) is 0 Å². The Kier molecular flexibility index (Phi) is 28.2. The quantitative estimate of drug-likeness (QED) is 0.0821. The summed E-state index contributed by atoms with van der Waals surface area (Å²) in [7, 11) is 0. The van der Waals surface area contributed by atoms with Crippen LogP contribution in [0, 0.1) is 0 Å². The standard InChI is InChI=1S/C31H62O3/c1-4-7-10-12-14-15-16-17-18-19-20-21-22-24-27-30(33-28-25-9-6-3)31(32)34-29-26-23-13-11-8-5-2/h30H,4-29H2,1-3H3. The van der Waals surface area contributed by atoms with Crippen LogP contribution in [0.3, 0.4) is 0 Å². The number of unbranched alkanes of at least 4 members (excludes halogenated alkanes) is 20. The molecule has 0 aromatic carbocycles. The Balaban J connectivity index is 3.79. The highest BCUT2D eigenvalue weighted by Gasteiger charge is 2.20. The third-order valence-electron chi connectivity index (χ3n) is 6.89. The molecule has 0 radical (unpaired) electrons. The van der Waals surface area contributed by atoms with Crippen LogP contribution in [0.5, 0.6) is 0 Å². The van der Waals surface area contributed by atoms with E-state index in [9.17, 15) is 4.79 Å².